The summed E-state index contributed by atoms with van der Waals surface area (Å²) in [4.78, 5) is 11.8. The van der Waals surface area contributed by atoms with Gasteiger partial charge in [0.15, 0.2) is 11.5 Å². The van der Waals surface area contributed by atoms with Crippen molar-refractivity contribution in [3.05, 3.63) is 82.6 Å². The van der Waals surface area contributed by atoms with Gasteiger partial charge in [0.1, 0.15) is 12.4 Å². The van der Waals surface area contributed by atoms with E-state index in [1.54, 1.807) is 12.1 Å². The van der Waals surface area contributed by atoms with Crippen molar-refractivity contribution in [1.82, 2.24) is 0 Å². The smallest absolute Gasteiger partial charge is 0.226 e. The summed E-state index contributed by atoms with van der Waals surface area (Å²) in [6.07, 6.45) is 0. The van der Waals surface area contributed by atoms with E-state index in [0.717, 1.165) is 22.5 Å². The SMILES string of the molecule is CCOc1cc(CNc2ccc(NC(=O)C(C)C)cc2)cc(Cl)c1OCc1ccc(F)cc1. The van der Waals surface area contributed by atoms with Gasteiger partial charge in [-0.1, -0.05) is 37.6 Å². The second-order valence-corrected chi connectivity index (χ2v) is 8.24. The van der Waals surface area contributed by atoms with Crippen molar-refractivity contribution in [3.63, 3.8) is 0 Å². The minimum absolute atomic E-state index is 0.0180. The Kier molecular flexibility index (Phi) is 8.55. The van der Waals surface area contributed by atoms with Crippen LogP contribution in [0.4, 0.5) is 15.8 Å². The first-order valence-corrected chi connectivity index (χ1v) is 11.2. The predicted molar refractivity (Wildman–Crippen MR) is 131 cm³/mol. The molecule has 3 rings (SSSR count). The van der Waals surface area contributed by atoms with Gasteiger partial charge in [0.2, 0.25) is 5.91 Å². The Morgan fingerprint density at radius 2 is 1.64 bits per heavy atom. The lowest BCUT2D eigenvalue weighted by Crippen LogP contribution is -2.17. The van der Waals surface area contributed by atoms with Gasteiger partial charge in [-0.25, -0.2) is 4.39 Å². The van der Waals surface area contributed by atoms with Gasteiger partial charge >= 0.3 is 0 Å². The zero-order valence-electron chi connectivity index (χ0n) is 19.0. The summed E-state index contributed by atoms with van der Waals surface area (Å²) in [5, 5.41) is 6.65. The first kappa shape index (κ1) is 24.4. The molecule has 0 aliphatic heterocycles. The Morgan fingerprint density at radius 3 is 2.27 bits per heavy atom. The van der Waals surface area contributed by atoms with Gasteiger partial charge < -0.3 is 20.1 Å². The molecule has 0 bridgehead atoms. The quantitative estimate of drug-likeness (QED) is 0.347. The second-order valence-electron chi connectivity index (χ2n) is 7.83. The van der Waals surface area contributed by atoms with Crippen molar-refractivity contribution in [1.29, 1.82) is 0 Å². The third-order valence-corrected chi connectivity index (χ3v) is 5.12. The Labute approximate surface area is 198 Å². The lowest BCUT2D eigenvalue weighted by Gasteiger charge is -2.16. The Balaban J connectivity index is 1.65. The third-order valence-electron chi connectivity index (χ3n) is 4.84. The maximum atomic E-state index is 13.1. The number of benzene rings is 3. The monoisotopic (exact) mass is 470 g/mol. The standard InChI is InChI=1S/C26H28ClFN2O3/c1-4-32-24-14-19(13-23(27)25(24)33-16-18-5-7-20(28)8-6-18)15-29-21-9-11-22(12-10-21)30-26(31)17(2)3/h5-14,17,29H,4,15-16H2,1-3H3,(H,30,31). The van der Waals surface area contributed by atoms with E-state index in [2.05, 4.69) is 10.6 Å². The van der Waals surface area contributed by atoms with E-state index in [1.165, 1.54) is 12.1 Å². The van der Waals surface area contributed by atoms with Crippen LogP contribution in [0.3, 0.4) is 0 Å². The van der Waals surface area contributed by atoms with Gasteiger partial charge in [-0.2, -0.15) is 0 Å². The van der Waals surface area contributed by atoms with Gasteiger partial charge in [-0.3, -0.25) is 4.79 Å². The van der Waals surface area contributed by atoms with E-state index in [9.17, 15) is 9.18 Å². The number of ether oxygens (including phenoxy) is 2. The van der Waals surface area contributed by atoms with E-state index in [-0.39, 0.29) is 24.2 Å². The second kappa shape index (κ2) is 11.6. The molecule has 174 valence electrons. The number of carbonyl (C=O) groups is 1. The molecule has 0 radical (unpaired) electrons. The average Bonchev–Trinajstić information content (AvgIpc) is 2.79. The van der Waals surface area contributed by atoms with Crippen molar-refractivity contribution >= 4 is 28.9 Å². The molecule has 3 aromatic rings. The van der Waals surface area contributed by atoms with Gasteiger partial charge in [0, 0.05) is 23.8 Å². The minimum Gasteiger partial charge on any atom is -0.490 e. The number of hydrogen-bond acceptors (Lipinski definition) is 4. The Bertz CT molecular complexity index is 1070. The van der Waals surface area contributed by atoms with Crippen LogP contribution in [0.1, 0.15) is 31.9 Å². The predicted octanol–water partition coefficient (Wildman–Crippen LogP) is 6.66. The molecule has 5 nitrogen and oxygen atoms in total. The zero-order valence-corrected chi connectivity index (χ0v) is 19.7. The molecule has 1 amide bonds. The number of amides is 1. The van der Waals surface area contributed by atoms with Crippen LogP contribution >= 0.6 is 11.6 Å². The molecule has 0 atom stereocenters. The zero-order chi connectivity index (χ0) is 23.8. The molecule has 0 heterocycles. The number of anilines is 2. The van der Waals surface area contributed by atoms with Crippen LogP contribution in [0.25, 0.3) is 0 Å². The third kappa shape index (κ3) is 7.12. The molecule has 0 unspecified atom stereocenters. The van der Waals surface area contributed by atoms with Crippen LogP contribution in [-0.2, 0) is 17.9 Å². The van der Waals surface area contributed by atoms with Crippen LogP contribution in [0.2, 0.25) is 5.02 Å². The molecule has 2 N–H and O–H groups in total. The van der Waals surface area contributed by atoms with Crippen LogP contribution in [-0.4, -0.2) is 12.5 Å². The molecule has 0 fully saturated rings. The van der Waals surface area contributed by atoms with Crippen molar-refractivity contribution in [3.8, 4) is 11.5 Å². The summed E-state index contributed by atoms with van der Waals surface area (Å²) in [7, 11) is 0. The van der Waals surface area contributed by atoms with Gasteiger partial charge in [0.05, 0.1) is 11.6 Å². The maximum absolute atomic E-state index is 13.1. The molecule has 0 saturated carbocycles. The minimum atomic E-state index is -0.293. The summed E-state index contributed by atoms with van der Waals surface area (Å²) >= 11 is 6.51. The van der Waals surface area contributed by atoms with Crippen LogP contribution in [0.15, 0.2) is 60.7 Å². The molecule has 0 aromatic heterocycles. The topological polar surface area (TPSA) is 59.6 Å². The highest BCUT2D eigenvalue weighted by Crippen LogP contribution is 2.37. The van der Waals surface area contributed by atoms with E-state index < -0.39 is 0 Å². The van der Waals surface area contributed by atoms with Crippen molar-refractivity contribution < 1.29 is 18.7 Å². The summed E-state index contributed by atoms with van der Waals surface area (Å²) < 4.78 is 24.8. The van der Waals surface area contributed by atoms with Crippen molar-refractivity contribution in [2.24, 2.45) is 5.92 Å². The van der Waals surface area contributed by atoms with Crippen LogP contribution in [0, 0.1) is 11.7 Å². The fourth-order valence-corrected chi connectivity index (χ4v) is 3.31. The van der Waals surface area contributed by atoms with Crippen molar-refractivity contribution in [2.45, 2.75) is 33.9 Å². The molecule has 0 aliphatic rings. The number of halogens is 2. The van der Waals surface area contributed by atoms with Gasteiger partial charge in [-0.05, 0) is 66.6 Å². The fraction of sp³-hybridized carbons (Fsp3) is 0.269. The van der Waals surface area contributed by atoms with Gasteiger partial charge in [-0.15, -0.1) is 0 Å². The lowest BCUT2D eigenvalue weighted by molar-refractivity contribution is -0.118. The summed E-state index contributed by atoms with van der Waals surface area (Å²) in [5.74, 6) is 0.622. The van der Waals surface area contributed by atoms with E-state index >= 15 is 0 Å². The highest BCUT2D eigenvalue weighted by Gasteiger charge is 2.13. The Morgan fingerprint density at radius 1 is 0.970 bits per heavy atom. The molecule has 0 spiro atoms. The largest absolute Gasteiger partial charge is 0.490 e. The molecule has 3 aromatic carbocycles. The van der Waals surface area contributed by atoms with Crippen LogP contribution in [0.5, 0.6) is 11.5 Å². The lowest BCUT2D eigenvalue weighted by atomic mass is 10.1. The van der Waals surface area contributed by atoms with E-state index in [4.69, 9.17) is 21.1 Å². The fourth-order valence-electron chi connectivity index (χ4n) is 3.02. The summed E-state index contributed by atoms with van der Waals surface area (Å²) in [5.41, 5.74) is 3.41. The highest BCUT2D eigenvalue weighted by molar-refractivity contribution is 6.32. The Hall–Kier alpha value is -3.25. The number of nitrogens with one attached hydrogen (secondary N) is 2. The molecule has 33 heavy (non-hydrogen) atoms. The number of hydrogen-bond donors (Lipinski definition) is 2. The summed E-state index contributed by atoms with van der Waals surface area (Å²) in [6.45, 7) is 6.83. The molecular weight excluding hydrogens is 443 g/mol. The van der Waals surface area contributed by atoms with Crippen molar-refractivity contribution in [2.75, 3.05) is 17.2 Å². The van der Waals surface area contributed by atoms with Crippen LogP contribution < -0.4 is 20.1 Å². The normalized spacial score (nSPS) is 10.7. The average molecular weight is 471 g/mol. The molecule has 0 saturated heterocycles. The summed E-state index contributed by atoms with van der Waals surface area (Å²) in [6, 6.07) is 17.4. The maximum Gasteiger partial charge on any atom is 0.226 e. The highest BCUT2D eigenvalue weighted by atomic mass is 35.5. The number of carbonyl (C=O) groups excluding carboxylic acids is 1. The van der Waals surface area contributed by atoms with Gasteiger partial charge in [0.25, 0.3) is 0 Å². The molecule has 0 aliphatic carbocycles. The molecule has 7 heteroatoms. The molecular formula is C26H28ClFN2O3. The van der Waals surface area contributed by atoms with E-state index in [1.807, 2.05) is 57.2 Å². The van der Waals surface area contributed by atoms with E-state index in [0.29, 0.717) is 29.7 Å². The first-order valence-electron chi connectivity index (χ1n) is 10.8. The number of rotatable bonds is 10. The first-order chi connectivity index (χ1) is 15.9.